The molecule has 0 unspecified atom stereocenters. The minimum absolute atomic E-state index is 0.181. The normalized spacial score (nSPS) is 10.7. The Balaban J connectivity index is 2.40. The lowest BCUT2D eigenvalue weighted by Gasteiger charge is -1.95. The summed E-state index contributed by atoms with van der Waals surface area (Å²) in [5, 5.41) is 2.90. The maximum atomic E-state index is 12.9. The van der Waals surface area contributed by atoms with Gasteiger partial charge in [0.2, 0.25) is 5.91 Å². The highest BCUT2D eigenvalue weighted by atomic mass is 32.1. The van der Waals surface area contributed by atoms with Crippen LogP contribution in [-0.4, -0.2) is 10.9 Å². The molecule has 0 atom stereocenters. The van der Waals surface area contributed by atoms with Gasteiger partial charge in [0.1, 0.15) is 0 Å². The molecule has 1 heterocycles. The van der Waals surface area contributed by atoms with Crippen LogP contribution in [0.25, 0.3) is 10.2 Å². The average Bonchev–Trinajstić information content (AvgIpc) is 2.60. The van der Waals surface area contributed by atoms with Crippen LogP contribution in [0.3, 0.4) is 0 Å². The highest BCUT2D eigenvalue weighted by Gasteiger charge is 2.10. The molecule has 0 radical (unpaired) electrons. The molecule has 0 aliphatic rings. The second-order valence-electron chi connectivity index (χ2n) is 3.15. The summed E-state index contributed by atoms with van der Waals surface area (Å²) < 4.78 is 26.3. The van der Waals surface area contributed by atoms with Crippen molar-refractivity contribution in [3.63, 3.8) is 0 Å². The van der Waals surface area contributed by atoms with Gasteiger partial charge in [-0.25, -0.2) is 13.8 Å². The topological polar surface area (TPSA) is 42.0 Å². The van der Waals surface area contributed by atoms with Crippen molar-refractivity contribution >= 4 is 32.6 Å². The molecule has 16 heavy (non-hydrogen) atoms. The van der Waals surface area contributed by atoms with Crippen LogP contribution in [0, 0.1) is 11.6 Å². The van der Waals surface area contributed by atoms with E-state index in [9.17, 15) is 13.6 Å². The second kappa shape index (κ2) is 4.13. The van der Waals surface area contributed by atoms with Crippen molar-refractivity contribution in [1.82, 2.24) is 4.98 Å². The van der Waals surface area contributed by atoms with Gasteiger partial charge in [0.15, 0.2) is 16.8 Å². The van der Waals surface area contributed by atoms with Crippen LogP contribution >= 0.6 is 11.3 Å². The van der Waals surface area contributed by atoms with Gasteiger partial charge in [-0.3, -0.25) is 4.79 Å². The number of anilines is 1. The highest BCUT2D eigenvalue weighted by Crippen LogP contribution is 2.27. The van der Waals surface area contributed by atoms with E-state index in [1.165, 1.54) is 0 Å². The molecule has 2 rings (SSSR count). The minimum Gasteiger partial charge on any atom is -0.302 e. The number of halogens is 2. The van der Waals surface area contributed by atoms with E-state index >= 15 is 0 Å². The number of amides is 1. The van der Waals surface area contributed by atoms with E-state index in [0.29, 0.717) is 21.8 Å². The van der Waals surface area contributed by atoms with Crippen molar-refractivity contribution in [3.05, 3.63) is 23.8 Å². The number of hydrogen-bond donors (Lipinski definition) is 1. The van der Waals surface area contributed by atoms with Gasteiger partial charge < -0.3 is 5.32 Å². The molecule has 0 bridgehead atoms. The Bertz CT molecular complexity index is 514. The lowest BCUT2D eigenvalue weighted by molar-refractivity contribution is -0.115. The molecule has 2 aromatic rings. The first-order valence-electron chi connectivity index (χ1n) is 4.65. The zero-order valence-corrected chi connectivity index (χ0v) is 9.20. The number of aromatic nitrogens is 1. The number of benzene rings is 1. The van der Waals surface area contributed by atoms with Gasteiger partial charge in [-0.2, -0.15) is 0 Å². The lowest BCUT2D eigenvalue weighted by Crippen LogP contribution is -2.08. The summed E-state index contributed by atoms with van der Waals surface area (Å²) in [5.41, 5.74) is 0.343. The van der Waals surface area contributed by atoms with Gasteiger partial charge in [0.25, 0.3) is 0 Å². The summed E-state index contributed by atoms with van der Waals surface area (Å²) in [6.45, 7) is 1.71. The van der Waals surface area contributed by atoms with E-state index in [4.69, 9.17) is 0 Å². The number of carbonyl (C=O) groups is 1. The van der Waals surface area contributed by atoms with Gasteiger partial charge in [-0.15, -0.1) is 0 Å². The minimum atomic E-state index is -0.939. The van der Waals surface area contributed by atoms with Gasteiger partial charge in [-0.1, -0.05) is 18.3 Å². The van der Waals surface area contributed by atoms with Crippen molar-refractivity contribution in [2.24, 2.45) is 0 Å². The fraction of sp³-hybridized carbons (Fsp3) is 0.200. The zero-order valence-electron chi connectivity index (χ0n) is 8.38. The van der Waals surface area contributed by atoms with Crippen LogP contribution < -0.4 is 5.32 Å². The van der Waals surface area contributed by atoms with Crippen molar-refractivity contribution in [1.29, 1.82) is 0 Å². The number of carbonyl (C=O) groups excluding carboxylic acids is 1. The molecule has 1 N–H and O–H groups in total. The number of fused-ring (bicyclic) bond motifs is 1. The molecular weight excluding hydrogens is 234 g/mol. The van der Waals surface area contributed by atoms with Crippen molar-refractivity contribution in [2.45, 2.75) is 13.3 Å². The molecule has 1 aromatic carbocycles. The van der Waals surface area contributed by atoms with E-state index in [1.54, 1.807) is 6.92 Å². The van der Waals surface area contributed by atoms with Crippen molar-refractivity contribution < 1.29 is 13.6 Å². The molecule has 84 valence electrons. The molecular formula is C10H8F2N2OS. The van der Waals surface area contributed by atoms with Crippen LogP contribution in [-0.2, 0) is 4.79 Å². The number of hydrogen-bond acceptors (Lipinski definition) is 3. The van der Waals surface area contributed by atoms with Crippen molar-refractivity contribution in [3.8, 4) is 0 Å². The van der Waals surface area contributed by atoms with E-state index < -0.39 is 11.6 Å². The quantitative estimate of drug-likeness (QED) is 0.879. The Morgan fingerprint density at radius 2 is 2.12 bits per heavy atom. The third kappa shape index (κ3) is 2.01. The predicted octanol–water partition coefficient (Wildman–Crippen LogP) is 2.92. The molecule has 1 amide bonds. The monoisotopic (exact) mass is 242 g/mol. The van der Waals surface area contributed by atoms with Gasteiger partial charge in [0.05, 0.1) is 10.2 Å². The number of nitrogens with zero attached hydrogens (tertiary/aromatic N) is 1. The fourth-order valence-corrected chi connectivity index (χ4v) is 2.07. The van der Waals surface area contributed by atoms with E-state index in [1.807, 2.05) is 0 Å². The summed E-state index contributed by atoms with van der Waals surface area (Å²) in [6.07, 6.45) is 0.332. The maximum absolute atomic E-state index is 12.9. The number of nitrogens with one attached hydrogen (secondary N) is 1. The zero-order chi connectivity index (χ0) is 11.7. The van der Waals surface area contributed by atoms with Crippen LogP contribution in [0.4, 0.5) is 13.9 Å². The largest absolute Gasteiger partial charge is 0.302 e. The summed E-state index contributed by atoms with van der Waals surface area (Å²) in [4.78, 5) is 15.1. The first-order valence-corrected chi connectivity index (χ1v) is 5.47. The van der Waals surface area contributed by atoms with E-state index in [0.717, 1.165) is 23.5 Å². The standard InChI is InChI=1S/C10H8F2N2OS/c1-2-9(15)14-10-13-7-3-5(11)6(12)4-8(7)16-10/h3-4H,2H2,1H3,(H,13,14,15). The Hall–Kier alpha value is -1.56. The Labute approximate surface area is 94.1 Å². The Morgan fingerprint density at radius 3 is 2.81 bits per heavy atom. The molecule has 0 aliphatic heterocycles. The summed E-state index contributed by atoms with van der Waals surface area (Å²) in [6, 6.07) is 2.09. The number of thiazole rings is 1. The Morgan fingerprint density at radius 1 is 1.44 bits per heavy atom. The van der Waals surface area contributed by atoms with Crippen LogP contribution in [0.15, 0.2) is 12.1 Å². The fourth-order valence-electron chi connectivity index (χ4n) is 1.18. The van der Waals surface area contributed by atoms with Gasteiger partial charge in [0, 0.05) is 12.5 Å². The average molecular weight is 242 g/mol. The Kier molecular flexibility index (Phi) is 2.82. The van der Waals surface area contributed by atoms with Gasteiger partial charge >= 0.3 is 0 Å². The summed E-state index contributed by atoms with van der Waals surface area (Å²) in [7, 11) is 0. The molecule has 1 aromatic heterocycles. The molecule has 0 spiro atoms. The number of rotatable bonds is 2. The smallest absolute Gasteiger partial charge is 0.225 e. The molecule has 3 nitrogen and oxygen atoms in total. The SMILES string of the molecule is CCC(=O)Nc1nc2cc(F)c(F)cc2s1. The third-order valence-corrected chi connectivity index (χ3v) is 2.93. The predicted molar refractivity (Wildman–Crippen MR) is 58.5 cm³/mol. The maximum Gasteiger partial charge on any atom is 0.225 e. The summed E-state index contributed by atoms with van der Waals surface area (Å²) in [5.74, 6) is -2.03. The molecule has 6 heteroatoms. The van der Waals surface area contributed by atoms with Crippen LogP contribution in [0.2, 0.25) is 0 Å². The van der Waals surface area contributed by atoms with Gasteiger partial charge in [-0.05, 0) is 6.07 Å². The second-order valence-corrected chi connectivity index (χ2v) is 4.19. The van der Waals surface area contributed by atoms with E-state index in [2.05, 4.69) is 10.3 Å². The molecule has 0 saturated carbocycles. The van der Waals surface area contributed by atoms with Crippen LogP contribution in [0.5, 0.6) is 0 Å². The third-order valence-electron chi connectivity index (χ3n) is 2.00. The lowest BCUT2D eigenvalue weighted by atomic mass is 10.3. The molecule has 0 fully saturated rings. The molecule has 0 aliphatic carbocycles. The van der Waals surface area contributed by atoms with Crippen LogP contribution in [0.1, 0.15) is 13.3 Å². The first kappa shape index (κ1) is 10.9. The summed E-state index contributed by atoms with van der Waals surface area (Å²) >= 11 is 1.11. The van der Waals surface area contributed by atoms with Crippen molar-refractivity contribution in [2.75, 3.05) is 5.32 Å². The molecule has 0 saturated heterocycles. The van der Waals surface area contributed by atoms with E-state index in [-0.39, 0.29) is 5.91 Å². The first-order chi connectivity index (χ1) is 7.60. The highest BCUT2D eigenvalue weighted by molar-refractivity contribution is 7.22.